The van der Waals surface area contributed by atoms with E-state index >= 15 is 0 Å². The first-order chi connectivity index (χ1) is 8.74. The van der Waals surface area contributed by atoms with E-state index in [1.165, 1.54) is 5.56 Å². The van der Waals surface area contributed by atoms with E-state index in [9.17, 15) is 0 Å². The van der Waals surface area contributed by atoms with Crippen molar-refractivity contribution in [1.82, 2.24) is 0 Å². The van der Waals surface area contributed by atoms with Crippen LogP contribution in [0.2, 0.25) is 0 Å². The van der Waals surface area contributed by atoms with E-state index in [-0.39, 0.29) is 24.1 Å². The molecule has 2 rings (SSSR count). The van der Waals surface area contributed by atoms with Crippen molar-refractivity contribution >= 4 is 7.12 Å². The molecule has 0 radical (unpaired) electrons. The van der Waals surface area contributed by atoms with Gasteiger partial charge in [0.1, 0.15) is 0 Å². The molecule has 1 aromatic carbocycles. The molecule has 19 heavy (non-hydrogen) atoms. The minimum absolute atomic E-state index is 0.174. The van der Waals surface area contributed by atoms with Gasteiger partial charge < -0.3 is 9.31 Å². The molecule has 1 fully saturated rings. The molecular formula is C16H25BO2. The van der Waals surface area contributed by atoms with Crippen LogP contribution in [-0.2, 0) is 9.31 Å². The van der Waals surface area contributed by atoms with E-state index in [1.54, 1.807) is 0 Å². The molecule has 1 unspecified atom stereocenters. The summed E-state index contributed by atoms with van der Waals surface area (Å²) in [4.78, 5) is 0. The largest absolute Gasteiger partial charge is 0.466 e. The van der Waals surface area contributed by atoms with Gasteiger partial charge in [0.15, 0.2) is 0 Å². The van der Waals surface area contributed by atoms with Crippen LogP contribution < -0.4 is 0 Å². The Labute approximate surface area is 117 Å². The highest BCUT2D eigenvalue weighted by molar-refractivity contribution is 6.47. The van der Waals surface area contributed by atoms with Crippen molar-refractivity contribution in [3.05, 3.63) is 35.9 Å². The van der Waals surface area contributed by atoms with E-state index in [1.807, 2.05) is 6.07 Å². The van der Waals surface area contributed by atoms with Gasteiger partial charge in [0, 0.05) is 5.82 Å². The predicted octanol–water partition coefficient (Wildman–Crippen LogP) is 4.06. The summed E-state index contributed by atoms with van der Waals surface area (Å²) < 4.78 is 12.4. The minimum Gasteiger partial charge on any atom is -0.403 e. The van der Waals surface area contributed by atoms with E-state index < -0.39 is 0 Å². The Bertz CT molecular complexity index is 410. The van der Waals surface area contributed by atoms with Gasteiger partial charge in [0.05, 0.1) is 11.2 Å². The number of hydrogen-bond donors (Lipinski definition) is 0. The summed E-state index contributed by atoms with van der Waals surface area (Å²) in [5, 5.41) is 0. The molecule has 0 aromatic heterocycles. The third-order valence-corrected chi connectivity index (χ3v) is 4.47. The summed E-state index contributed by atoms with van der Waals surface area (Å²) in [5.74, 6) is 0.736. The quantitative estimate of drug-likeness (QED) is 0.763. The molecule has 3 heteroatoms. The molecule has 104 valence electrons. The van der Waals surface area contributed by atoms with Crippen LogP contribution in [0.25, 0.3) is 0 Å². The molecule has 2 nitrogen and oxygen atoms in total. The summed E-state index contributed by atoms with van der Waals surface area (Å²) in [6.07, 6.45) is 0. The Morgan fingerprint density at radius 3 is 1.79 bits per heavy atom. The maximum atomic E-state index is 6.22. The maximum Gasteiger partial charge on any atom is 0.466 e. The summed E-state index contributed by atoms with van der Waals surface area (Å²) in [5.41, 5.74) is 0.759. The Hall–Kier alpha value is -0.795. The van der Waals surface area contributed by atoms with Crippen molar-refractivity contribution in [3.63, 3.8) is 0 Å². The second-order valence-electron chi connectivity index (χ2n) is 6.81. The van der Waals surface area contributed by atoms with Crippen molar-refractivity contribution in [2.45, 2.75) is 58.6 Å². The molecular weight excluding hydrogens is 235 g/mol. The van der Waals surface area contributed by atoms with Crippen molar-refractivity contribution in [2.24, 2.45) is 5.92 Å². The highest BCUT2D eigenvalue weighted by Crippen LogP contribution is 2.42. The summed E-state index contributed by atoms with van der Waals surface area (Å²) >= 11 is 0. The molecule has 0 spiro atoms. The highest BCUT2D eigenvalue weighted by Gasteiger charge is 2.54. The van der Waals surface area contributed by atoms with Gasteiger partial charge in [0.2, 0.25) is 0 Å². The van der Waals surface area contributed by atoms with Gasteiger partial charge in [-0.3, -0.25) is 0 Å². The van der Waals surface area contributed by atoms with Gasteiger partial charge in [0.25, 0.3) is 0 Å². The second-order valence-corrected chi connectivity index (χ2v) is 6.81. The smallest absolute Gasteiger partial charge is 0.403 e. The standard InChI is InChI=1S/C16H25BO2/c1-12(2)14(13-10-8-7-9-11-13)17-18-15(3,4)16(5,6)19-17/h7-12,14H,1-6H3. The first kappa shape index (κ1) is 14.6. The summed E-state index contributed by atoms with van der Waals surface area (Å²) in [6, 6.07) is 10.5. The number of hydrogen-bond acceptors (Lipinski definition) is 2. The van der Waals surface area contributed by atoms with E-state index in [4.69, 9.17) is 9.31 Å². The summed E-state index contributed by atoms with van der Waals surface area (Å²) in [7, 11) is -0.174. The zero-order valence-corrected chi connectivity index (χ0v) is 12.9. The van der Waals surface area contributed by atoms with Gasteiger partial charge in [-0.15, -0.1) is 0 Å². The fourth-order valence-electron chi connectivity index (χ4n) is 2.57. The minimum atomic E-state index is -0.264. The van der Waals surface area contributed by atoms with E-state index in [0.29, 0.717) is 5.92 Å². The number of rotatable bonds is 3. The molecule has 1 heterocycles. The molecule has 1 aliphatic heterocycles. The Morgan fingerprint density at radius 2 is 1.37 bits per heavy atom. The lowest BCUT2D eigenvalue weighted by Crippen LogP contribution is -2.41. The monoisotopic (exact) mass is 260 g/mol. The average molecular weight is 260 g/mol. The van der Waals surface area contributed by atoms with Crippen LogP contribution in [0.1, 0.15) is 52.9 Å². The van der Waals surface area contributed by atoms with Crippen LogP contribution in [0.4, 0.5) is 0 Å². The van der Waals surface area contributed by atoms with Crippen LogP contribution in [0.5, 0.6) is 0 Å². The maximum absolute atomic E-state index is 6.22. The molecule has 1 aliphatic rings. The molecule has 1 aromatic rings. The van der Waals surface area contributed by atoms with Gasteiger partial charge >= 0.3 is 7.12 Å². The van der Waals surface area contributed by atoms with Crippen molar-refractivity contribution in [2.75, 3.05) is 0 Å². The van der Waals surface area contributed by atoms with Gasteiger partial charge in [-0.1, -0.05) is 44.2 Å². The van der Waals surface area contributed by atoms with Gasteiger partial charge in [-0.25, -0.2) is 0 Å². The molecule has 0 amide bonds. The Balaban J connectivity index is 2.29. The Kier molecular flexibility index (Phi) is 3.81. The molecule has 1 atom stereocenters. The van der Waals surface area contributed by atoms with Gasteiger partial charge in [-0.2, -0.15) is 0 Å². The van der Waals surface area contributed by atoms with Crippen molar-refractivity contribution in [1.29, 1.82) is 0 Å². The average Bonchev–Trinajstić information content (AvgIpc) is 2.48. The number of benzene rings is 1. The lowest BCUT2D eigenvalue weighted by Gasteiger charge is -2.32. The van der Waals surface area contributed by atoms with Crippen LogP contribution in [0.3, 0.4) is 0 Å². The molecule has 0 N–H and O–H groups in total. The predicted molar refractivity (Wildman–Crippen MR) is 80.1 cm³/mol. The van der Waals surface area contributed by atoms with E-state index in [2.05, 4.69) is 65.8 Å². The highest BCUT2D eigenvalue weighted by atomic mass is 16.7. The van der Waals surface area contributed by atoms with Crippen LogP contribution >= 0.6 is 0 Å². The van der Waals surface area contributed by atoms with E-state index in [0.717, 1.165) is 0 Å². The fourth-order valence-corrected chi connectivity index (χ4v) is 2.57. The Morgan fingerprint density at radius 1 is 0.895 bits per heavy atom. The lowest BCUT2D eigenvalue weighted by atomic mass is 9.62. The van der Waals surface area contributed by atoms with Crippen LogP contribution in [0, 0.1) is 5.92 Å². The fraction of sp³-hybridized carbons (Fsp3) is 0.625. The SMILES string of the molecule is CC(C)C(B1OC(C)(C)C(C)(C)O1)c1ccccc1. The summed E-state index contributed by atoms with van der Waals surface area (Å²) in [6.45, 7) is 12.9. The molecule has 0 aliphatic carbocycles. The van der Waals surface area contributed by atoms with Crippen LogP contribution in [0.15, 0.2) is 30.3 Å². The third-order valence-electron chi connectivity index (χ3n) is 4.47. The molecule has 0 saturated carbocycles. The van der Waals surface area contributed by atoms with Crippen molar-refractivity contribution in [3.8, 4) is 0 Å². The zero-order chi connectivity index (χ0) is 14.3. The lowest BCUT2D eigenvalue weighted by molar-refractivity contribution is 0.00578. The third kappa shape index (κ3) is 2.73. The first-order valence-electron chi connectivity index (χ1n) is 7.15. The molecule has 0 bridgehead atoms. The topological polar surface area (TPSA) is 18.5 Å². The van der Waals surface area contributed by atoms with Crippen LogP contribution in [-0.4, -0.2) is 18.3 Å². The molecule has 1 saturated heterocycles. The first-order valence-corrected chi connectivity index (χ1v) is 7.15. The van der Waals surface area contributed by atoms with Gasteiger partial charge in [-0.05, 0) is 39.2 Å². The second kappa shape index (κ2) is 4.95. The van der Waals surface area contributed by atoms with Crippen molar-refractivity contribution < 1.29 is 9.31 Å². The normalized spacial score (nSPS) is 22.8. The zero-order valence-electron chi connectivity index (χ0n) is 12.9.